The first-order chi connectivity index (χ1) is 40.0. The second-order valence-electron chi connectivity index (χ2n) is 23.8. The minimum Gasteiger partial charge on any atom is -0.462 e. The lowest BCUT2D eigenvalue weighted by Gasteiger charge is -2.18. The number of esters is 3. The van der Waals surface area contributed by atoms with Gasteiger partial charge in [0, 0.05) is 19.3 Å². The highest BCUT2D eigenvalue weighted by Crippen LogP contribution is 2.17. The number of allylic oxidation sites excluding steroid dienone is 12. The number of hydrogen-bond acceptors (Lipinski definition) is 6. The Morgan fingerprint density at radius 1 is 0.247 bits per heavy atom. The zero-order chi connectivity index (χ0) is 58.5. The van der Waals surface area contributed by atoms with Gasteiger partial charge in [-0.05, 0) is 116 Å². The van der Waals surface area contributed by atoms with E-state index in [4.69, 9.17) is 14.2 Å². The Kier molecular flexibility index (Phi) is 66.6. The van der Waals surface area contributed by atoms with Crippen LogP contribution in [0.15, 0.2) is 72.9 Å². The fourth-order valence-corrected chi connectivity index (χ4v) is 10.3. The summed E-state index contributed by atoms with van der Waals surface area (Å²) in [6.07, 6.45) is 90.7. The van der Waals surface area contributed by atoms with Gasteiger partial charge in [-0.15, -0.1) is 0 Å². The number of unbranched alkanes of at least 4 members (excludes halogenated alkanes) is 42. The zero-order valence-electron chi connectivity index (χ0n) is 54.1. The Morgan fingerprint density at radius 3 is 0.716 bits per heavy atom. The third-order valence-corrected chi connectivity index (χ3v) is 15.7. The molecular formula is C75H134O6. The van der Waals surface area contributed by atoms with Crippen molar-refractivity contribution in [3.63, 3.8) is 0 Å². The van der Waals surface area contributed by atoms with E-state index in [9.17, 15) is 14.4 Å². The van der Waals surface area contributed by atoms with Gasteiger partial charge in [0.25, 0.3) is 0 Å². The molecule has 0 rings (SSSR count). The first-order valence-corrected chi connectivity index (χ1v) is 35.4. The molecule has 470 valence electrons. The molecule has 6 heteroatoms. The van der Waals surface area contributed by atoms with Crippen LogP contribution >= 0.6 is 0 Å². The van der Waals surface area contributed by atoms with E-state index < -0.39 is 6.10 Å². The number of hydrogen-bond donors (Lipinski definition) is 0. The van der Waals surface area contributed by atoms with E-state index in [1.54, 1.807) is 0 Å². The Hall–Kier alpha value is -3.15. The molecule has 0 aromatic heterocycles. The molecule has 0 aromatic carbocycles. The van der Waals surface area contributed by atoms with Crippen LogP contribution in [0, 0.1) is 0 Å². The van der Waals surface area contributed by atoms with Crippen LogP contribution in [0.2, 0.25) is 0 Å². The van der Waals surface area contributed by atoms with Crippen molar-refractivity contribution in [3.05, 3.63) is 72.9 Å². The minimum absolute atomic E-state index is 0.0795. The highest BCUT2D eigenvalue weighted by atomic mass is 16.6. The molecule has 0 N–H and O–H groups in total. The predicted octanol–water partition coefficient (Wildman–Crippen LogP) is 24.4. The summed E-state index contributed by atoms with van der Waals surface area (Å²) < 4.78 is 17.0. The molecule has 81 heavy (non-hydrogen) atoms. The summed E-state index contributed by atoms with van der Waals surface area (Å²) in [7, 11) is 0. The Balaban J connectivity index is 4.28. The van der Waals surface area contributed by atoms with Crippen molar-refractivity contribution in [1.82, 2.24) is 0 Å². The normalized spacial score (nSPS) is 12.5. The summed E-state index contributed by atoms with van der Waals surface area (Å²) in [6.45, 7) is 6.64. The summed E-state index contributed by atoms with van der Waals surface area (Å²) in [5, 5.41) is 0. The minimum atomic E-state index is -0.785. The van der Waals surface area contributed by atoms with Crippen molar-refractivity contribution in [1.29, 1.82) is 0 Å². The molecular weight excluding hydrogens is 997 g/mol. The molecule has 0 saturated carbocycles. The first kappa shape index (κ1) is 77.9. The number of ether oxygens (including phenoxy) is 3. The van der Waals surface area contributed by atoms with Crippen molar-refractivity contribution in [2.75, 3.05) is 13.2 Å². The van der Waals surface area contributed by atoms with Crippen LogP contribution in [-0.4, -0.2) is 37.2 Å². The number of carbonyl (C=O) groups excluding carboxylic acids is 3. The third-order valence-electron chi connectivity index (χ3n) is 15.7. The molecule has 0 aliphatic rings. The van der Waals surface area contributed by atoms with Gasteiger partial charge in [0.05, 0.1) is 0 Å². The summed E-state index contributed by atoms with van der Waals surface area (Å²) in [6, 6.07) is 0. The van der Waals surface area contributed by atoms with Crippen LogP contribution in [0.1, 0.15) is 367 Å². The molecule has 0 amide bonds. The van der Waals surface area contributed by atoms with Crippen molar-refractivity contribution in [3.8, 4) is 0 Å². The second kappa shape index (κ2) is 69.3. The van der Waals surface area contributed by atoms with Crippen molar-refractivity contribution in [2.24, 2.45) is 0 Å². The van der Waals surface area contributed by atoms with E-state index in [2.05, 4.69) is 93.7 Å². The lowest BCUT2D eigenvalue weighted by atomic mass is 10.0. The van der Waals surface area contributed by atoms with Crippen molar-refractivity contribution >= 4 is 17.9 Å². The van der Waals surface area contributed by atoms with E-state index in [1.165, 1.54) is 238 Å². The lowest BCUT2D eigenvalue weighted by molar-refractivity contribution is -0.167. The molecule has 0 fully saturated rings. The van der Waals surface area contributed by atoms with Gasteiger partial charge < -0.3 is 14.2 Å². The predicted molar refractivity (Wildman–Crippen MR) is 353 cm³/mol. The molecule has 0 aliphatic carbocycles. The van der Waals surface area contributed by atoms with Gasteiger partial charge in [-0.3, -0.25) is 14.4 Å². The largest absolute Gasteiger partial charge is 0.462 e. The maximum absolute atomic E-state index is 12.9. The summed E-state index contributed by atoms with van der Waals surface area (Å²) >= 11 is 0. The van der Waals surface area contributed by atoms with Gasteiger partial charge in [-0.25, -0.2) is 0 Å². The quantitative estimate of drug-likeness (QED) is 0.0261. The van der Waals surface area contributed by atoms with Gasteiger partial charge in [0.1, 0.15) is 13.2 Å². The molecule has 6 nitrogen and oxygen atoms in total. The number of carbonyl (C=O) groups is 3. The lowest BCUT2D eigenvalue weighted by Crippen LogP contribution is -2.30. The van der Waals surface area contributed by atoms with Crippen LogP contribution in [0.3, 0.4) is 0 Å². The smallest absolute Gasteiger partial charge is 0.306 e. The van der Waals surface area contributed by atoms with Gasteiger partial charge in [-0.2, -0.15) is 0 Å². The monoisotopic (exact) mass is 1130 g/mol. The van der Waals surface area contributed by atoms with E-state index in [0.717, 1.165) is 89.9 Å². The van der Waals surface area contributed by atoms with Crippen LogP contribution in [0.5, 0.6) is 0 Å². The van der Waals surface area contributed by atoms with Crippen molar-refractivity contribution in [2.45, 2.75) is 374 Å². The zero-order valence-corrected chi connectivity index (χ0v) is 54.1. The van der Waals surface area contributed by atoms with Crippen LogP contribution < -0.4 is 0 Å². The maximum atomic E-state index is 12.9. The van der Waals surface area contributed by atoms with Gasteiger partial charge in [0.15, 0.2) is 6.10 Å². The summed E-state index contributed by atoms with van der Waals surface area (Å²) in [4.78, 5) is 38.4. The molecule has 0 heterocycles. The Labute approximate surface area is 503 Å². The number of rotatable bonds is 65. The highest BCUT2D eigenvalue weighted by molar-refractivity contribution is 5.71. The van der Waals surface area contributed by atoms with E-state index >= 15 is 0 Å². The molecule has 0 aliphatic heterocycles. The average Bonchev–Trinajstić information content (AvgIpc) is 3.47. The second-order valence-corrected chi connectivity index (χ2v) is 23.8. The molecule has 1 unspecified atom stereocenters. The standard InChI is InChI=1S/C75H134O6/c1-4-7-10-13-16-19-22-25-28-31-33-34-35-36-37-38-39-40-41-42-43-45-47-50-53-56-59-62-65-68-74(77)80-71-72(70-79-73(76)67-64-61-58-55-52-49-46-30-27-24-21-18-15-12-9-6-3)81-75(78)69-66-63-60-57-54-51-48-44-32-29-26-23-20-17-14-11-8-5-2/h21-22,24-25,29-33,35-36,46,72H,4-20,23,26-28,34,37-45,47-71H2,1-3H3/b24-21-,25-22-,32-29-,33-31-,36-35-,46-30-. The van der Waals surface area contributed by atoms with E-state index in [0.29, 0.717) is 19.3 Å². The fourth-order valence-electron chi connectivity index (χ4n) is 10.3. The third kappa shape index (κ3) is 67.5. The van der Waals surface area contributed by atoms with E-state index in [-0.39, 0.29) is 31.1 Å². The first-order valence-electron chi connectivity index (χ1n) is 35.4. The Bertz CT molecular complexity index is 1490. The summed E-state index contributed by atoms with van der Waals surface area (Å²) in [5.74, 6) is -0.879. The topological polar surface area (TPSA) is 78.9 Å². The van der Waals surface area contributed by atoms with Crippen LogP contribution in [0.25, 0.3) is 0 Å². The maximum Gasteiger partial charge on any atom is 0.306 e. The summed E-state index contributed by atoms with van der Waals surface area (Å²) in [5.41, 5.74) is 0. The molecule has 0 spiro atoms. The SMILES string of the molecule is CCCCCC/C=C\C/C=C\CCCCCCCC(=O)OCC(COC(=O)CCCCCCCCCCCCCCCC/C=C\C/C=C\C/C=C\CCCCCCC)OC(=O)CCCCCCCCC/C=C\CCCCCCCCC. The fraction of sp³-hybridized carbons (Fsp3) is 0.800. The van der Waals surface area contributed by atoms with Crippen LogP contribution in [0.4, 0.5) is 0 Å². The molecule has 0 aromatic rings. The highest BCUT2D eigenvalue weighted by Gasteiger charge is 2.19. The average molecular weight is 1130 g/mol. The van der Waals surface area contributed by atoms with E-state index in [1.807, 2.05) is 0 Å². The molecule has 0 radical (unpaired) electrons. The van der Waals surface area contributed by atoms with Gasteiger partial charge in [0.2, 0.25) is 0 Å². The molecule has 1 atom stereocenters. The molecule has 0 bridgehead atoms. The Morgan fingerprint density at radius 2 is 0.444 bits per heavy atom. The van der Waals surface area contributed by atoms with Gasteiger partial charge in [-0.1, -0.05) is 306 Å². The van der Waals surface area contributed by atoms with Crippen molar-refractivity contribution < 1.29 is 28.6 Å². The van der Waals surface area contributed by atoms with Gasteiger partial charge >= 0.3 is 17.9 Å². The molecule has 0 saturated heterocycles. The van der Waals surface area contributed by atoms with Crippen LogP contribution in [-0.2, 0) is 28.6 Å².